The molecule has 0 aliphatic rings. The first-order valence-electron chi connectivity index (χ1n) is 5.23. The zero-order valence-corrected chi connectivity index (χ0v) is 10.6. The number of halogens is 3. The molecule has 1 aromatic carbocycles. The molecule has 0 radical (unpaired) electrons. The van der Waals surface area contributed by atoms with E-state index in [-0.39, 0.29) is 5.75 Å². The fourth-order valence-corrected chi connectivity index (χ4v) is 2.18. The van der Waals surface area contributed by atoms with Gasteiger partial charge in [-0.05, 0) is 18.2 Å². The van der Waals surface area contributed by atoms with Gasteiger partial charge in [-0.15, -0.1) is 11.8 Å². The molecule has 0 saturated carbocycles. The van der Waals surface area contributed by atoms with E-state index >= 15 is 0 Å². The Morgan fingerprint density at radius 3 is 2.53 bits per heavy atom. The molecule has 0 aliphatic heterocycles. The number of hydrogen-bond donors (Lipinski definition) is 4. The Hall–Kier alpha value is -1.25. The van der Waals surface area contributed by atoms with Gasteiger partial charge in [-0.3, -0.25) is 5.41 Å². The van der Waals surface area contributed by atoms with Crippen LogP contribution in [0.1, 0.15) is 11.1 Å². The third kappa shape index (κ3) is 4.41. The Morgan fingerprint density at radius 1 is 1.42 bits per heavy atom. The summed E-state index contributed by atoms with van der Waals surface area (Å²) in [7, 11) is 0. The second-order valence-corrected chi connectivity index (χ2v) is 4.86. The molecular weight excluding hydrogens is 281 g/mol. The summed E-state index contributed by atoms with van der Waals surface area (Å²) in [5.41, 5.74) is 3.79. The Bertz CT molecular complexity index is 466. The lowest BCUT2D eigenvalue weighted by Gasteiger charge is -2.13. The lowest BCUT2D eigenvalue weighted by molar-refractivity contribution is -0.137. The van der Waals surface area contributed by atoms with Crippen molar-refractivity contribution in [1.29, 1.82) is 5.41 Å². The summed E-state index contributed by atoms with van der Waals surface area (Å²) in [6.45, 7) is -0.423. The molecule has 0 amide bonds. The topological polar surface area (TPSA) is 90.3 Å². The number of aliphatic hydroxyl groups is 2. The molecule has 106 valence electrons. The maximum atomic E-state index is 12.7. The maximum absolute atomic E-state index is 12.7. The minimum atomic E-state index is -4.57. The van der Waals surface area contributed by atoms with Crippen LogP contribution in [0.5, 0.6) is 0 Å². The largest absolute Gasteiger partial charge is 0.417 e. The number of rotatable bonds is 5. The first-order valence-corrected chi connectivity index (χ1v) is 6.21. The minimum absolute atomic E-state index is 0.138. The number of hydrogen-bond acceptors (Lipinski definition) is 4. The summed E-state index contributed by atoms with van der Waals surface area (Å²) in [6, 6.07) is 3.24. The van der Waals surface area contributed by atoms with Crippen molar-refractivity contribution < 1.29 is 23.4 Å². The summed E-state index contributed by atoms with van der Waals surface area (Å²) in [5, 5.41) is 25.0. The normalized spacial score (nSPS) is 13.3. The van der Waals surface area contributed by atoms with Gasteiger partial charge in [0.05, 0.1) is 18.3 Å². The van der Waals surface area contributed by atoms with Crippen LogP contribution in [0.25, 0.3) is 0 Å². The summed E-state index contributed by atoms with van der Waals surface area (Å²) in [4.78, 5) is 0.436. The van der Waals surface area contributed by atoms with Gasteiger partial charge in [-0.2, -0.15) is 13.2 Å². The van der Waals surface area contributed by atoms with Crippen LogP contribution in [-0.4, -0.2) is 34.5 Å². The Kier molecular flexibility index (Phi) is 5.21. The molecule has 1 unspecified atom stereocenters. The molecule has 0 aliphatic carbocycles. The number of aliphatic hydroxyl groups excluding tert-OH is 2. The van der Waals surface area contributed by atoms with Gasteiger partial charge in [0.25, 0.3) is 0 Å². The molecule has 0 bridgehead atoms. The molecule has 19 heavy (non-hydrogen) atoms. The summed E-state index contributed by atoms with van der Waals surface area (Å²) in [6.07, 6.45) is -5.53. The van der Waals surface area contributed by atoms with Crippen LogP contribution in [0.3, 0.4) is 0 Å². The van der Waals surface area contributed by atoms with E-state index in [2.05, 4.69) is 0 Å². The van der Waals surface area contributed by atoms with Gasteiger partial charge in [0.2, 0.25) is 0 Å². The van der Waals surface area contributed by atoms with Crippen LogP contribution in [0, 0.1) is 5.41 Å². The molecule has 4 nitrogen and oxygen atoms in total. The van der Waals surface area contributed by atoms with Gasteiger partial charge >= 0.3 is 6.18 Å². The van der Waals surface area contributed by atoms with Crippen LogP contribution in [-0.2, 0) is 6.18 Å². The van der Waals surface area contributed by atoms with Crippen molar-refractivity contribution in [1.82, 2.24) is 0 Å². The monoisotopic (exact) mass is 294 g/mol. The second-order valence-electron chi connectivity index (χ2n) is 3.77. The number of benzene rings is 1. The van der Waals surface area contributed by atoms with Crippen molar-refractivity contribution >= 4 is 17.6 Å². The van der Waals surface area contributed by atoms with E-state index in [0.29, 0.717) is 4.90 Å². The molecule has 5 N–H and O–H groups in total. The van der Waals surface area contributed by atoms with Crippen molar-refractivity contribution in [3.8, 4) is 0 Å². The summed E-state index contributed by atoms with van der Waals surface area (Å²) < 4.78 is 38.0. The van der Waals surface area contributed by atoms with E-state index in [1.165, 1.54) is 6.07 Å². The molecule has 1 aromatic rings. The van der Waals surface area contributed by atoms with Gasteiger partial charge in [0.15, 0.2) is 0 Å². The first-order chi connectivity index (χ1) is 8.75. The highest BCUT2D eigenvalue weighted by Gasteiger charge is 2.34. The highest BCUT2D eigenvalue weighted by Crippen LogP contribution is 2.34. The van der Waals surface area contributed by atoms with Crippen LogP contribution in [0.2, 0.25) is 0 Å². The van der Waals surface area contributed by atoms with E-state index in [0.717, 1.165) is 23.9 Å². The minimum Gasteiger partial charge on any atom is -0.394 e. The van der Waals surface area contributed by atoms with Gasteiger partial charge in [0.1, 0.15) is 5.84 Å². The van der Waals surface area contributed by atoms with Crippen molar-refractivity contribution in [3.05, 3.63) is 29.3 Å². The summed E-state index contributed by atoms with van der Waals surface area (Å²) in [5.74, 6) is -0.531. The predicted molar refractivity (Wildman–Crippen MR) is 66.3 cm³/mol. The van der Waals surface area contributed by atoms with Gasteiger partial charge in [-0.1, -0.05) is 0 Å². The lowest BCUT2D eigenvalue weighted by atomic mass is 10.1. The maximum Gasteiger partial charge on any atom is 0.417 e. The van der Waals surface area contributed by atoms with E-state index < -0.39 is 35.8 Å². The SMILES string of the molecule is N=C(N)c1cc(SCC(O)CO)ccc1C(F)(F)F. The van der Waals surface area contributed by atoms with Crippen molar-refractivity contribution in [3.63, 3.8) is 0 Å². The average Bonchev–Trinajstić information content (AvgIpc) is 2.34. The number of nitrogens with two attached hydrogens (primary N) is 1. The van der Waals surface area contributed by atoms with E-state index in [1.54, 1.807) is 0 Å². The van der Waals surface area contributed by atoms with Gasteiger partial charge in [0, 0.05) is 16.2 Å². The number of amidine groups is 1. The lowest BCUT2D eigenvalue weighted by Crippen LogP contribution is -2.19. The standard InChI is InChI=1S/C11H13F3N2O2S/c12-11(13,14)9-2-1-7(3-8(9)10(15)16)19-5-6(18)4-17/h1-3,6,17-18H,4-5H2,(H3,15,16). The Balaban J connectivity index is 3.00. The predicted octanol–water partition coefficient (Wildman–Crippen LogP) is 1.43. The zero-order valence-electron chi connectivity index (χ0n) is 9.74. The molecule has 0 aromatic heterocycles. The average molecular weight is 294 g/mol. The van der Waals surface area contributed by atoms with E-state index in [4.69, 9.17) is 21.4 Å². The zero-order chi connectivity index (χ0) is 14.6. The highest BCUT2D eigenvalue weighted by molar-refractivity contribution is 7.99. The molecular formula is C11H13F3N2O2S. The Labute approximate surface area is 111 Å². The Morgan fingerprint density at radius 2 is 2.05 bits per heavy atom. The van der Waals surface area contributed by atoms with Crippen molar-refractivity contribution in [2.45, 2.75) is 17.2 Å². The molecule has 0 heterocycles. The smallest absolute Gasteiger partial charge is 0.394 e. The highest BCUT2D eigenvalue weighted by atomic mass is 32.2. The molecule has 8 heteroatoms. The molecule has 0 fully saturated rings. The van der Waals surface area contributed by atoms with Crippen LogP contribution in [0.15, 0.2) is 23.1 Å². The fraction of sp³-hybridized carbons (Fsp3) is 0.364. The third-order valence-electron chi connectivity index (χ3n) is 2.24. The fourth-order valence-electron chi connectivity index (χ4n) is 1.33. The van der Waals surface area contributed by atoms with Crippen LogP contribution < -0.4 is 5.73 Å². The first kappa shape index (κ1) is 15.8. The molecule has 0 saturated heterocycles. The number of nitrogens with one attached hydrogen (secondary N) is 1. The number of alkyl halides is 3. The second kappa shape index (κ2) is 6.27. The van der Waals surface area contributed by atoms with E-state index in [9.17, 15) is 13.2 Å². The van der Waals surface area contributed by atoms with Gasteiger partial charge < -0.3 is 15.9 Å². The van der Waals surface area contributed by atoms with Crippen LogP contribution in [0.4, 0.5) is 13.2 Å². The molecule has 0 spiro atoms. The molecule has 1 atom stereocenters. The number of thioether (sulfide) groups is 1. The third-order valence-corrected chi connectivity index (χ3v) is 3.38. The van der Waals surface area contributed by atoms with E-state index in [1.807, 2.05) is 0 Å². The quantitative estimate of drug-likeness (QED) is 0.376. The molecule has 1 rings (SSSR count). The van der Waals surface area contributed by atoms with Gasteiger partial charge in [-0.25, -0.2) is 0 Å². The van der Waals surface area contributed by atoms with Crippen molar-refractivity contribution in [2.24, 2.45) is 5.73 Å². The number of nitrogen functional groups attached to an aromatic ring is 1. The van der Waals surface area contributed by atoms with Crippen LogP contribution >= 0.6 is 11.8 Å². The summed E-state index contributed by atoms with van der Waals surface area (Å²) >= 11 is 1.07. The van der Waals surface area contributed by atoms with Crippen molar-refractivity contribution in [2.75, 3.05) is 12.4 Å².